The molecule has 0 radical (unpaired) electrons. The first-order chi connectivity index (χ1) is 8.43. The van der Waals surface area contributed by atoms with Gasteiger partial charge in [-0.2, -0.15) is 11.8 Å². The van der Waals surface area contributed by atoms with Crippen LogP contribution in [0, 0.1) is 5.92 Å². The van der Waals surface area contributed by atoms with E-state index in [1.54, 1.807) is 0 Å². The normalized spacial score (nSPS) is 31.8. The van der Waals surface area contributed by atoms with Gasteiger partial charge in [0.25, 0.3) is 0 Å². The first kappa shape index (κ1) is 16.3. The molecule has 1 fully saturated rings. The molecule has 0 bridgehead atoms. The molecule has 1 rings (SSSR count). The number of hydrogen-bond acceptors (Lipinski definition) is 3. The second-order valence-corrected chi connectivity index (χ2v) is 7.39. The molecule has 2 nitrogen and oxygen atoms in total. The van der Waals surface area contributed by atoms with Crippen molar-refractivity contribution in [2.45, 2.75) is 65.1 Å². The molecule has 0 aromatic rings. The van der Waals surface area contributed by atoms with Crippen LogP contribution in [0.2, 0.25) is 0 Å². The molecule has 1 aliphatic rings. The van der Waals surface area contributed by atoms with E-state index in [4.69, 9.17) is 0 Å². The minimum Gasteiger partial charge on any atom is -0.309 e. The molecule has 1 saturated heterocycles. The molecule has 3 unspecified atom stereocenters. The maximum Gasteiger partial charge on any atom is 0.0278 e. The van der Waals surface area contributed by atoms with E-state index in [0.29, 0.717) is 17.6 Å². The highest BCUT2D eigenvalue weighted by atomic mass is 32.2. The Morgan fingerprint density at radius 2 is 2.06 bits per heavy atom. The lowest BCUT2D eigenvalue weighted by Gasteiger charge is -2.50. The van der Waals surface area contributed by atoms with E-state index < -0.39 is 0 Å². The van der Waals surface area contributed by atoms with Gasteiger partial charge in [-0.05, 0) is 44.6 Å². The number of thioether (sulfide) groups is 1. The summed E-state index contributed by atoms with van der Waals surface area (Å²) in [6.07, 6.45) is 4.73. The lowest BCUT2D eigenvalue weighted by atomic mass is 9.88. The number of piperazine rings is 1. The molecule has 1 heterocycles. The smallest absolute Gasteiger partial charge is 0.0278 e. The summed E-state index contributed by atoms with van der Waals surface area (Å²) in [5, 5.41) is 3.77. The van der Waals surface area contributed by atoms with Gasteiger partial charge in [-0.25, -0.2) is 0 Å². The standard InChI is InChI=1S/C15H32N2S/c1-7-15(5)11-17(13(4)8-9-18-6)14(10-16-15)12(2)3/h12-14,16H,7-11H2,1-6H3. The molecule has 0 saturated carbocycles. The Bertz CT molecular complexity index is 245. The Kier molecular flexibility index (Phi) is 6.49. The van der Waals surface area contributed by atoms with Crippen molar-refractivity contribution in [3.05, 3.63) is 0 Å². The Hall–Kier alpha value is 0.270. The molecule has 0 spiro atoms. The topological polar surface area (TPSA) is 15.3 Å². The molecule has 3 atom stereocenters. The van der Waals surface area contributed by atoms with Crippen LogP contribution in [0.25, 0.3) is 0 Å². The minimum atomic E-state index is 0.305. The van der Waals surface area contributed by atoms with Gasteiger partial charge < -0.3 is 5.32 Å². The lowest BCUT2D eigenvalue weighted by molar-refractivity contribution is 0.0294. The van der Waals surface area contributed by atoms with Crippen LogP contribution in [0.5, 0.6) is 0 Å². The highest BCUT2D eigenvalue weighted by Gasteiger charge is 2.37. The predicted molar refractivity (Wildman–Crippen MR) is 84.5 cm³/mol. The number of nitrogens with one attached hydrogen (secondary N) is 1. The van der Waals surface area contributed by atoms with Crippen molar-refractivity contribution in [2.24, 2.45) is 5.92 Å². The van der Waals surface area contributed by atoms with Gasteiger partial charge in [-0.1, -0.05) is 20.8 Å². The molecule has 1 aliphatic heterocycles. The van der Waals surface area contributed by atoms with Crippen LogP contribution < -0.4 is 5.32 Å². The Balaban J connectivity index is 2.71. The fraction of sp³-hybridized carbons (Fsp3) is 1.00. The molecule has 3 heteroatoms. The number of nitrogens with zero attached hydrogens (tertiary/aromatic N) is 1. The predicted octanol–water partition coefficient (Wildman–Crippen LogP) is 3.23. The lowest BCUT2D eigenvalue weighted by Crippen LogP contribution is -2.65. The summed E-state index contributed by atoms with van der Waals surface area (Å²) < 4.78 is 0. The average Bonchev–Trinajstić information content (AvgIpc) is 2.35. The summed E-state index contributed by atoms with van der Waals surface area (Å²) in [6.45, 7) is 14.1. The van der Waals surface area contributed by atoms with Crippen LogP contribution in [0.3, 0.4) is 0 Å². The third-order valence-corrected chi connectivity index (χ3v) is 5.20. The van der Waals surface area contributed by atoms with E-state index in [1.807, 2.05) is 11.8 Å². The van der Waals surface area contributed by atoms with Crippen LogP contribution >= 0.6 is 11.8 Å². The molecular weight excluding hydrogens is 240 g/mol. The van der Waals surface area contributed by atoms with E-state index >= 15 is 0 Å². The molecular formula is C15H32N2S. The van der Waals surface area contributed by atoms with Crippen molar-refractivity contribution in [3.8, 4) is 0 Å². The van der Waals surface area contributed by atoms with Gasteiger partial charge in [0, 0.05) is 30.7 Å². The molecule has 1 N–H and O–H groups in total. The molecule has 0 aromatic carbocycles. The van der Waals surface area contributed by atoms with Crippen LogP contribution in [0.1, 0.15) is 47.5 Å². The molecule has 0 amide bonds. The Morgan fingerprint density at radius 3 is 2.56 bits per heavy atom. The maximum absolute atomic E-state index is 3.77. The number of rotatable bonds is 6. The summed E-state index contributed by atoms with van der Waals surface area (Å²) in [5.41, 5.74) is 0.305. The van der Waals surface area contributed by atoms with Gasteiger partial charge in [-0.3, -0.25) is 4.90 Å². The first-order valence-electron chi connectivity index (χ1n) is 7.43. The highest BCUT2D eigenvalue weighted by molar-refractivity contribution is 7.98. The largest absolute Gasteiger partial charge is 0.309 e. The second-order valence-electron chi connectivity index (χ2n) is 6.41. The quantitative estimate of drug-likeness (QED) is 0.799. The third-order valence-electron chi connectivity index (χ3n) is 4.55. The Labute approximate surface area is 118 Å². The summed E-state index contributed by atoms with van der Waals surface area (Å²) in [5.74, 6) is 2.01. The second kappa shape index (κ2) is 7.16. The molecule has 0 aromatic heterocycles. The summed E-state index contributed by atoms with van der Waals surface area (Å²) in [6, 6.07) is 1.40. The van der Waals surface area contributed by atoms with Crippen molar-refractivity contribution >= 4 is 11.8 Å². The van der Waals surface area contributed by atoms with E-state index in [9.17, 15) is 0 Å². The van der Waals surface area contributed by atoms with Crippen LogP contribution in [-0.2, 0) is 0 Å². The third kappa shape index (κ3) is 4.14. The summed E-state index contributed by atoms with van der Waals surface area (Å²) in [4.78, 5) is 2.76. The van der Waals surface area contributed by atoms with Crippen molar-refractivity contribution in [1.29, 1.82) is 0 Å². The van der Waals surface area contributed by atoms with Gasteiger partial charge in [-0.15, -0.1) is 0 Å². The van der Waals surface area contributed by atoms with Gasteiger partial charge in [0.05, 0.1) is 0 Å². The van der Waals surface area contributed by atoms with Crippen molar-refractivity contribution in [3.63, 3.8) is 0 Å². The Morgan fingerprint density at radius 1 is 1.39 bits per heavy atom. The van der Waals surface area contributed by atoms with Crippen molar-refractivity contribution in [2.75, 3.05) is 25.1 Å². The summed E-state index contributed by atoms with van der Waals surface area (Å²) in [7, 11) is 0. The van der Waals surface area contributed by atoms with Crippen LogP contribution in [0.15, 0.2) is 0 Å². The van der Waals surface area contributed by atoms with E-state index in [2.05, 4.69) is 51.1 Å². The SMILES string of the molecule is CCC1(C)CN(C(C)CCSC)C(C(C)C)CN1. The first-order valence-corrected chi connectivity index (χ1v) is 8.82. The highest BCUT2D eigenvalue weighted by Crippen LogP contribution is 2.26. The van der Waals surface area contributed by atoms with Gasteiger partial charge in [0.1, 0.15) is 0 Å². The summed E-state index contributed by atoms with van der Waals surface area (Å²) >= 11 is 1.97. The van der Waals surface area contributed by atoms with E-state index in [0.717, 1.165) is 12.5 Å². The molecule has 0 aliphatic carbocycles. The minimum absolute atomic E-state index is 0.305. The van der Waals surface area contributed by atoms with Crippen LogP contribution in [-0.4, -0.2) is 47.6 Å². The molecule has 108 valence electrons. The molecule has 18 heavy (non-hydrogen) atoms. The zero-order chi connectivity index (χ0) is 13.8. The zero-order valence-corrected chi connectivity index (χ0v) is 13.9. The maximum atomic E-state index is 3.77. The van der Waals surface area contributed by atoms with Crippen LogP contribution in [0.4, 0.5) is 0 Å². The fourth-order valence-electron chi connectivity index (χ4n) is 2.84. The fourth-order valence-corrected chi connectivity index (χ4v) is 3.41. The monoisotopic (exact) mass is 272 g/mol. The van der Waals surface area contributed by atoms with Crippen molar-refractivity contribution < 1.29 is 0 Å². The van der Waals surface area contributed by atoms with Gasteiger partial charge >= 0.3 is 0 Å². The van der Waals surface area contributed by atoms with Gasteiger partial charge in [0.2, 0.25) is 0 Å². The average molecular weight is 273 g/mol. The van der Waals surface area contributed by atoms with E-state index in [1.165, 1.54) is 25.1 Å². The van der Waals surface area contributed by atoms with Crippen molar-refractivity contribution in [1.82, 2.24) is 10.2 Å². The van der Waals surface area contributed by atoms with Gasteiger partial charge in [0.15, 0.2) is 0 Å². The van der Waals surface area contributed by atoms with E-state index in [-0.39, 0.29) is 0 Å². The number of hydrogen-bond donors (Lipinski definition) is 1. The zero-order valence-electron chi connectivity index (χ0n) is 13.1.